The zero-order valence-corrected chi connectivity index (χ0v) is 8.00. The van der Waals surface area contributed by atoms with Crippen LogP contribution in [0.1, 0.15) is 32.1 Å². The predicted octanol–water partition coefficient (Wildman–Crippen LogP) is 3.31. The van der Waals surface area contributed by atoms with Gasteiger partial charge >= 0.3 is 0 Å². The molecule has 0 heteroatoms. The molecule has 2 saturated carbocycles. The van der Waals surface area contributed by atoms with Gasteiger partial charge in [0.25, 0.3) is 0 Å². The highest BCUT2D eigenvalue weighted by atomic mass is 14.7. The molecule has 4 aliphatic carbocycles. The first-order valence-electron chi connectivity index (χ1n) is 5.69. The van der Waals surface area contributed by atoms with Crippen LogP contribution in [0.2, 0.25) is 0 Å². The van der Waals surface area contributed by atoms with Gasteiger partial charge in [0.2, 0.25) is 0 Å². The van der Waals surface area contributed by atoms with Gasteiger partial charge in [0.05, 0.1) is 0 Å². The Labute approximate surface area is 79.7 Å². The molecule has 0 spiro atoms. The van der Waals surface area contributed by atoms with E-state index >= 15 is 0 Å². The second-order valence-corrected chi connectivity index (χ2v) is 5.69. The number of allylic oxidation sites excluding steroid dienone is 4. The topological polar surface area (TPSA) is 0 Å². The summed E-state index contributed by atoms with van der Waals surface area (Å²) in [5.74, 6) is 2.23. The zero-order valence-electron chi connectivity index (χ0n) is 8.00. The summed E-state index contributed by atoms with van der Waals surface area (Å²) >= 11 is 0. The number of rotatable bonds is 0. The summed E-state index contributed by atoms with van der Waals surface area (Å²) in [7, 11) is 0. The van der Waals surface area contributed by atoms with E-state index < -0.39 is 0 Å². The van der Waals surface area contributed by atoms with Crippen molar-refractivity contribution < 1.29 is 0 Å². The largest absolute Gasteiger partial charge is 0.0876 e. The van der Waals surface area contributed by atoms with Gasteiger partial charge in [0.1, 0.15) is 0 Å². The van der Waals surface area contributed by atoms with Gasteiger partial charge in [0, 0.05) is 10.8 Å². The third-order valence-electron chi connectivity index (χ3n) is 5.17. The van der Waals surface area contributed by atoms with E-state index in [0.717, 1.165) is 11.8 Å². The van der Waals surface area contributed by atoms with E-state index in [9.17, 15) is 0 Å². The highest BCUT2D eigenvalue weighted by Gasteiger charge is 2.62. The van der Waals surface area contributed by atoms with Crippen molar-refractivity contribution in [1.29, 1.82) is 0 Å². The Balaban J connectivity index is 1.83. The standard InChI is InChI=1S/C13H16/c1-2-4-13-6-5-12(13,3-1)8-10-7-11(10)9-13/h1-2,5-6,10-11H,3-4,7-9H2/t10-,11+,12+,13-. The highest BCUT2D eigenvalue weighted by molar-refractivity contribution is 5.35. The van der Waals surface area contributed by atoms with Crippen molar-refractivity contribution in [3.05, 3.63) is 24.3 Å². The molecule has 13 heavy (non-hydrogen) atoms. The van der Waals surface area contributed by atoms with Crippen molar-refractivity contribution in [2.75, 3.05) is 0 Å². The Kier molecular flexibility index (Phi) is 0.949. The van der Waals surface area contributed by atoms with Crippen molar-refractivity contribution in [3.63, 3.8) is 0 Å². The number of hydrogen-bond donors (Lipinski definition) is 0. The first kappa shape index (κ1) is 6.86. The van der Waals surface area contributed by atoms with Gasteiger partial charge in [0.15, 0.2) is 0 Å². The van der Waals surface area contributed by atoms with Crippen molar-refractivity contribution in [2.45, 2.75) is 32.1 Å². The highest BCUT2D eigenvalue weighted by Crippen LogP contribution is 2.72. The van der Waals surface area contributed by atoms with Crippen molar-refractivity contribution in [3.8, 4) is 0 Å². The molecular formula is C13H16. The predicted molar refractivity (Wildman–Crippen MR) is 53.2 cm³/mol. The fourth-order valence-electron chi connectivity index (χ4n) is 4.14. The van der Waals surface area contributed by atoms with Crippen molar-refractivity contribution in [2.24, 2.45) is 22.7 Å². The molecule has 0 nitrogen and oxygen atoms in total. The molecular weight excluding hydrogens is 156 g/mol. The summed E-state index contributed by atoms with van der Waals surface area (Å²) < 4.78 is 0. The van der Waals surface area contributed by atoms with Crippen molar-refractivity contribution >= 4 is 0 Å². The SMILES string of the molecule is C1=CC[C@@]23C=C[C@]2(C1)C[C@@H]1C[C@@H]1C3. The molecule has 0 amide bonds. The Morgan fingerprint density at radius 2 is 1.38 bits per heavy atom. The van der Waals surface area contributed by atoms with E-state index in [-0.39, 0.29) is 0 Å². The molecule has 4 rings (SSSR count). The number of hydrogen-bond acceptors (Lipinski definition) is 0. The summed E-state index contributed by atoms with van der Waals surface area (Å²) in [4.78, 5) is 0. The van der Waals surface area contributed by atoms with Crippen LogP contribution in [0.15, 0.2) is 24.3 Å². The van der Waals surface area contributed by atoms with Gasteiger partial charge in [-0.2, -0.15) is 0 Å². The number of fused-ring (bicyclic) bond motifs is 1. The average molecular weight is 172 g/mol. The van der Waals surface area contributed by atoms with Crippen molar-refractivity contribution in [1.82, 2.24) is 0 Å². The summed E-state index contributed by atoms with van der Waals surface area (Å²) in [6.45, 7) is 0. The van der Waals surface area contributed by atoms with Crippen LogP contribution in [0.4, 0.5) is 0 Å². The Morgan fingerprint density at radius 3 is 1.85 bits per heavy atom. The van der Waals surface area contributed by atoms with Gasteiger partial charge in [-0.3, -0.25) is 0 Å². The third kappa shape index (κ3) is 0.630. The maximum absolute atomic E-state index is 2.53. The summed E-state index contributed by atoms with van der Waals surface area (Å²) in [6, 6.07) is 0. The molecule has 0 aliphatic heterocycles. The molecule has 0 saturated heterocycles. The minimum absolute atomic E-state index is 0.638. The molecule has 0 N–H and O–H groups in total. The Morgan fingerprint density at radius 1 is 0.846 bits per heavy atom. The fraction of sp³-hybridized carbons (Fsp3) is 0.692. The molecule has 2 fully saturated rings. The van der Waals surface area contributed by atoms with Crippen LogP contribution < -0.4 is 0 Å². The molecule has 0 unspecified atom stereocenters. The summed E-state index contributed by atoms with van der Waals surface area (Å²) in [5.41, 5.74) is 1.28. The molecule has 0 aromatic carbocycles. The van der Waals surface area contributed by atoms with E-state index in [4.69, 9.17) is 0 Å². The second kappa shape index (κ2) is 1.80. The normalized spacial score (nSPS) is 60.3. The first-order chi connectivity index (χ1) is 6.34. The lowest BCUT2D eigenvalue weighted by Crippen LogP contribution is -2.49. The van der Waals surface area contributed by atoms with Crippen LogP contribution in [0.3, 0.4) is 0 Å². The fourth-order valence-corrected chi connectivity index (χ4v) is 4.14. The lowest BCUT2D eigenvalue weighted by atomic mass is 9.45. The molecule has 0 bridgehead atoms. The minimum atomic E-state index is 0.638. The average Bonchev–Trinajstić information content (AvgIpc) is 2.84. The zero-order chi connectivity index (χ0) is 8.52. The van der Waals surface area contributed by atoms with Gasteiger partial charge in [-0.15, -0.1) is 0 Å². The molecule has 68 valence electrons. The molecule has 0 heterocycles. The van der Waals surface area contributed by atoms with Gasteiger partial charge in [-0.25, -0.2) is 0 Å². The lowest BCUT2D eigenvalue weighted by molar-refractivity contribution is 0.0323. The Hall–Kier alpha value is -0.520. The lowest BCUT2D eigenvalue weighted by Gasteiger charge is -2.58. The monoisotopic (exact) mass is 172 g/mol. The minimum Gasteiger partial charge on any atom is -0.0876 e. The van der Waals surface area contributed by atoms with E-state index in [1.807, 2.05) is 0 Å². The van der Waals surface area contributed by atoms with E-state index in [1.165, 1.54) is 25.7 Å². The third-order valence-corrected chi connectivity index (χ3v) is 5.17. The molecule has 4 aliphatic rings. The van der Waals surface area contributed by atoms with Gasteiger partial charge in [-0.1, -0.05) is 24.3 Å². The maximum atomic E-state index is 2.53. The van der Waals surface area contributed by atoms with E-state index in [0.29, 0.717) is 10.8 Å². The van der Waals surface area contributed by atoms with Gasteiger partial charge in [-0.05, 0) is 43.9 Å². The van der Waals surface area contributed by atoms with E-state index in [1.54, 1.807) is 6.42 Å². The van der Waals surface area contributed by atoms with Crippen LogP contribution in [0.5, 0.6) is 0 Å². The Bertz CT molecular complexity index is 295. The smallest absolute Gasteiger partial charge is 0.00131 e. The summed E-state index contributed by atoms with van der Waals surface area (Å²) in [6.07, 6.45) is 17.2. The second-order valence-electron chi connectivity index (χ2n) is 5.69. The quantitative estimate of drug-likeness (QED) is 0.492. The first-order valence-corrected chi connectivity index (χ1v) is 5.69. The van der Waals surface area contributed by atoms with Crippen LogP contribution in [0, 0.1) is 22.7 Å². The van der Waals surface area contributed by atoms with Crippen LogP contribution in [-0.2, 0) is 0 Å². The molecule has 0 aromatic heterocycles. The van der Waals surface area contributed by atoms with Crippen LogP contribution in [-0.4, -0.2) is 0 Å². The van der Waals surface area contributed by atoms with Crippen LogP contribution in [0.25, 0.3) is 0 Å². The maximum Gasteiger partial charge on any atom is 0.00131 e. The van der Waals surface area contributed by atoms with Crippen LogP contribution >= 0.6 is 0 Å². The molecule has 4 atom stereocenters. The molecule has 0 aromatic rings. The molecule has 0 radical (unpaired) electrons. The van der Waals surface area contributed by atoms with E-state index in [2.05, 4.69) is 24.3 Å². The summed E-state index contributed by atoms with van der Waals surface area (Å²) in [5, 5.41) is 0. The van der Waals surface area contributed by atoms with Gasteiger partial charge < -0.3 is 0 Å².